The Bertz CT molecular complexity index is 136. The molecule has 1 rings (SSSR count). The molecule has 0 aliphatic carbocycles. The lowest BCUT2D eigenvalue weighted by Gasteiger charge is -2.37. The summed E-state index contributed by atoms with van der Waals surface area (Å²) in [5.41, 5.74) is 0. The van der Waals surface area contributed by atoms with E-state index in [4.69, 9.17) is 4.74 Å². The summed E-state index contributed by atoms with van der Waals surface area (Å²) in [6.07, 6.45) is 0.944. The van der Waals surface area contributed by atoms with Gasteiger partial charge in [-0.05, 0) is 20.3 Å². The molecule has 1 unspecified atom stereocenters. The summed E-state index contributed by atoms with van der Waals surface area (Å²) in [6.45, 7) is 5.19. The fourth-order valence-corrected chi connectivity index (χ4v) is 0.994. The van der Waals surface area contributed by atoms with Crippen molar-refractivity contribution in [2.45, 2.75) is 26.3 Å². The molecule has 1 aliphatic heterocycles. The number of ether oxygens (including phenoxy) is 1. The molecular formula is C7H13NO2. The van der Waals surface area contributed by atoms with Gasteiger partial charge in [0, 0.05) is 12.6 Å². The van der Waals surface area contributed by atoms with Gasteiger partial charge in [-0.3, -0.25) is 0 Å². The van der Waals surface area contributed by atoms with Gasteiger partial charge < -0.3 is 9.64 Å². The highest BCUT2D eigenvalue weighted by Gasteiger charge is 2.28. The maximum atomic E-state index is 10.9. The van der Waals surface area contributed by atoms with Crippen LogP contribution < -0.4 is 0 Å². The standard InChI is InChI=1S/C7H13NO2/c1-3-10-7(9)8-5-4-6(8)2/h6H,3-5H2,1-2H3. The molecule has 3 heteroatoms. The molecule has 0 bridgehead atoms. The Hall–Kier alpha value is -0.730. The number of hydrogen-bond acceptors (Lipinski definition) is 2. The molecule has 1 fully saturated rings. The average molecular weight is 143 g/mol. The van der Waals surface area contributed by atoms with E-state index in [-0.39, 0.29) is 6.09 Å². The van der Waals surface area contributed by atoms with Crippen LogP contribution in [0.4, 0.5) is 4.79 Å². The smallest absolute Gasteiger partial charge is 0.409 e. The second-order valence-electron chi connectivity index (χ2n) is 2.53. The summed E-state index contributed by atoms with van der Waals surface area (Å²) in [6, 6.07) is 0.388. The molecule has 1 saturated heterocycles. The molecule has 1 aliphatic rings. The fourth-order valence-electron chi connectivity index (χ4n) is 0.994. The first-order valence-corrected chi connectivity index (χ1v) is 3.69. The zero-order valence-corrected chi connectivity index (χ0v) is 6.46. The first kappa shape index (κ1) is 7.38. The van der Waals surface area contributed by atoms with Gasteiger partial charge in [-0.25, -0.2) is 4.79 Å². The molecule has 1 atom stereocenters. The molecule has 1 amide bonds. The van der Waals surface area contributed by atoms with Crippen molar-refractivity contribution in [2.75, 3.05) is 13.2 Å². The van der Waals surface area contributed by atoms with E-state index in [0.29, 0.717) is 12.6 Å². The summed E-state index contributed by atoms with van der Waals surface area (Å²) in [4.78, 5) is 12.7. The van der Waals surface area contributed by atoms with Crippen molar-refractivity contribution in [1.82, 2.24) is 4.90 Å². The van der Waals surface area contributed by atoms with Crippen LogP contribution >= 0.6 is 0 Å². The van der Waals surface area contributed by atoms with Gasteiger partial charge in [0.05, 0.1) is 6.61 Å². The molecule has 0 aromatic rings. The number of rotatable bonds is 1. The van der Waals surface area contributed by atoms with Gasteiger partial charge in [-0.2, -0.15) is 0 Å². The fraction of sp³-hybridized carbons (Fsp3) is 0.857. The summed E-state index contributed by atoms with van der Waals surface area (Å²) in [7, 11) is 0. The molecule has 10 heavy (non-hydrogen) atoms. The highest BCUT2D eigenvalue weighted by Crippen LogP contribution is 2.16. The first-order valence-electron chi connectivity index (χ1n) is 3.69. The first-order chi connectivity index (χ1) is 4.75. The molecule has 0 N–H and O–H groups in total. The number of amides is 1. The molecule has 0 aromatic heterocycles. The SMILES string of the molecule is CCOC(=O)N1CCC1C. The second-order valence-corrected chi connectivity index (χ2v) is 2.53. The Morgan fingerprint density at radius 1 is 1.80 bits per heavy atom. The van der Waals surface area contributed by atoms with Crippen LogP contribution in [0.15, 0.2) is 0 Å². The summed E-state index contributed by atoms with van der Waals surface area (Å²) < 4.78 is 4.80. The van der Waals surface area contributed by atoms with Crippen molar-refractivity contribution in [3.63, 3.8) is 0 Å². The van der Waals surface area contributed by atoms with Crippen molar-refractivity contribution in [1.29, 1.82) is 0 Å². The maximum Gasteiger partial charge on any atom is 0.409 e. The van der Waals surface area contributed by atoms with Gasteiger partial charge in [0.25, 0.3) is 0 Å². The van der Waals surface area contributed by atoms with Crippen molar-refractivity contribution >= 4 is 6.09 Å². The lowest BCUT2D eigenvalue weighted by molar-refractivity contribution is 0.0574. The van der Waals surface area contributed by atoms with Crippen molar-refractivity contribution in [3.8, 4) is 0 Å². The molecule has 1 heterocycles. The average Bonchev–Trinajstić information content (AvgIpc) is 1.85. The van der Waals surface area contributed by atoms with Gasteiger partial charge in [-0.1, -0.05) is 0 Å². The summed E-state index contributed by atoms with van der Waals surface area (Å²) >= 11 is 0. The normalized spacial score (nSPS) is 23.8. The lowest BCUT2D eigenvalue weighted by Crippen LogP contribution is -2.49. The van der Waals surface area contributed by atoms with E-state index in [0.717, 1.165) is 13.0 Å². The predicted octanol–water partition coefficient (Wildman–Crippen LogP) is 1.24. The van der Waals surface area contributed by atoms with Gasteiger partial charge in [0.15, 0.2) is 0 Å². The van der Waals surface area contributed by atoms with Gasteiger partial charge in [-0.15, -0.1) is 0 Å². The summed E-state index contributed by atoms with van der Waals surface area (Å²) in [5, 5.41) is 0. The van der Waals surface area contributed by atoms with E-state index in [1.165, 1.54) is 0 Å². The third-order valence-corrected chi connectivity index (χ3v) is 1.82. The Morgan fingerprint density at radius 3 is 2.80 bits per heavy atom. The molecule has 58 valence electrons. The van der Waals surface area contributed by atoms with Gasteiger partial charge >= 0.3 is 6.09 Å². The molecule has 3 nitrogen and oxygen atoms in total. The quantitative estimate of drug-likeness (QED) is 0.552. The van der Waals surface area contributed by atoms with Gasteiger partial charge in [0.2, 0.25) is 0 Å². The topological polar surface area (TPSA) is 29.5 Å². The number of likely N-dealkylation sites (tertiary alicyclic amines) is 1. The lowest BCUT2D eigenvalue weighted by atomic mass is 10.1. The van der Waals surface area contributed by atoms with E-state index >= 15 is 0 Å². The number of hydrogen-bond donors (Lipinski definition) is 0. The third-order valence-electron chi connectivity index (χ3n) is 1.82. The van der Waals surface area contributed by atoms with E-state index in [1.54, 1.807) is 4.90 Å². The van der Waals surface area contributed by atoms with Crippen LogP contribution in [0, 0.1) is 0 Å². The largest absolute Gasteiger partial charge is 0.450 e. The molecule has 0 saturated carbocycles. The van der Waals surface area contributed by atoms with E-state index < -0.39 is 0 Å². The second kappa shape index (κ2) is 2.90. The minimum absolute atomic E-state index is 0.166. The molecular weight excluding hydrogens is 130 g/mol. The van der Waals surface area contributed by atoms with Crippen LogP contribution in [0.5, 0.6) is 0 Å². The zero-order chi connectivity index (χ0) is 7.56. The van der Waals surface area contributed by atoms with Gasteiger partial charge in [0.1, 0.15) is 0 Å². The Labute approximate surface area is 61.0 Å². The number of nitrogens with zero attached hydrogens (tertiary/aromatic N) is 1. The van der Waals surface area contributed by atoms with Crippen LogP contribution in [0.1, 0.15) is 20.3 Å². The van der Waals surface area contributed by atoms with Crippen molar-refractivity contribution in [2.24, 2.45) is 0 Å². The van der Waals surface area contributed by atoms with Crippen LogP contribution in [0.3, 0.4) is 0 Å². The van der Waals surface area contributed by atoms with E-state index in [9.17, 15) is 4.79 Å². The van der Waals surface area contributed by atoms with Crippen molar-refractivity contribution in [3.05, 3.63) is 0 Å². The van der Waals surface area contributed by atoms with Crippen LogP contribution in [-0.2, 0) is 4.74 Å². The van der Waals surface area contributed by atoms with Crippen LogP contribution in [-0.4, -0.2) is 30.2 Å². The monoisotopic (exact) mass is 143 g/mol. The number of carbonyl (C=O) groups is 1. The van der Waals surface area contributed by atoms with Crippen LogP contribution in [0.25, 0.3) is 0 Å². The highest BCUT2D eigenvalue weighted by molar-refractivity contribution is 5.68. The summed E-state index contributed by atoms with van der Waals surface area (Å²) in [5.74, 6) is 0. The number of carbonyl (C=O) groups excluding carboxylic acids is 1. The Morgan fingerprint density at radius 2 is 2.50 bits per heavy atom. The molecule has 0 radical (unpaired) electrons. The third kappa shape index (κ3) is 1.23. The van der Waals surface area contributed by atoms with E-state index in [2.05, 4.69) is 0 Å². The Balaban J connectivity index is 2.27. The predicted molar refractivity (Wildman–Crippen MR) is 37.8 cm³/mol. The Kier molecular flexibility index (Phi) is 2.14. The minimum atomic E-state index is -0.166. The maximum absolute atomic E-state index is 10.9. The van der Waals surface area contributed by atoms with Crippen LogP contribution in [0.2, 0.25) is 0 Å². The zero-order valence-electron chi connectivity index (χ0n) is 6.46. The highest BCUT2D eigenvalue weighted by atomic mass is 16.6. The molecule has 0 aromatic carbocycles. The van der Waals surface area contributed by atoms with E-state index in [1.807, 2.05) is 13.8 Å². The molecule has 0 spiro atoms. The van der Waals surface area contributed by atoms with Crippen molar-refractivity contribution < 1.29 is 9.53 Å². The minimum Gasteiger partial charge on any atom is -0.450 e.